The van der Waals surface area contributed by atoms with Crippen LogP contribution in [0.15, 0.2) is 0 Å². The molecule has 3 atom stereocenters. The zero-order valence-electron chi connectivity index (χ0n) is 12.6. The van der Waals surface area contributed by atoms with Crippen molar-refractivity contribution in [3.63, 3.8) is 0 Å². The third kappa shape index (κ3) is 2.90. The first-order valence-corrected chi connectivity index (χ1v) is 9.53. The van der Waals surface area contributed by atoms with Gasteiger partial charge in [0.25, 0.3) is 0 Å². The Bertz CT molecular complexity index is 328. The van der Waals surface area contributed by atoms with Crippen LogP contribution < -0.4 is 0 Å². The number of alkyl halides is 1. The summed E-state index contributed by atoms with van der Waals surface area (Å²) in [6, 6.07) is 0. The fourth-order valence-electron chi connectivity index (χ4n) is 5.50. The maximum absolute atomic E-state index is 6.25. The van der Waals surface area contributed by atoms with E-state index in [1.165, 1.54) is 70.6 Å². The molecule has 0 N–H and O–H groups in total. The molecule has 1 saturated heterocycles. The maximum Gasteiger partial charge on any atom is 0.0844 e. The maximum atomic E-state index is 6.25. The summed E-state index contributed by atoms with van der Waals surface area (Å²) in [5.41, 5.74) is 0. The van der Waals surface area contributed by atoms with E-state index in [0.29, 0.717) is 17.6 Å². The molecule has 0 radical (unpaired) electrons. The molecule has 0 aromatic heterocycles. The van der Waals surface area contributed by atoms with Crippen LogP contribution in [0.5, 0.6) is 0 Å². The lowest BCUT2D eigenvalue weighted by atomic mass is 9.66. The highest BCUT2D eigenvalue weighted by Gasteiger charge is 2.46. The molecule has 4 fully saturated rings. The van der Waals surface area contributed by atoms with Gasteiger partial charge in [-0.1, -0.05) is 0 Å². The molecule has 0 spiro atoms. The van der Waals surface area contributed by atoms with E-state index in [9.17, 15) is 0 Å². The molecule has 1 nitrogen and oxygen atoms in total. The molecule has 1 heterocycles. The molecule has 4 aliphatic rings. The van der Waals surface area contributed by atoms with Gasteiger partial charge in [-0.3, -0.25) is 0 Å². The van der Waals surface area contributed by atoms with Gasteiger partial charge in [-0.25, -0.2) is 0 Å². The topological polar surface area (TPSA) is 12.5 Å². The fraction of sp³-hybridized carbons (Fsp3) is 1.00. The summed E-state index contributed by atoms with van der Waals surface area (Å²) in [4.78, 5) is 0. The summed E-state index contributed by atoms with van der Waals surface area (Å²) in [5, 5.41) is 0.483. The summed E-state index contributed by atoms with van der Waals surface area (Å²) < 4.78 is 5.71. The quantitative estimate of drug-likeness (QED) is 0.506. The molecule has 3 unspecified atom stereocenters. The normalized spacial score (nSPS) is 52.4. The Morgan fingerprint density at radius 1 is 0.550 bits per heavy atom. The van der Waals surface area contributed by atoms with E-state index in [0.717, 1.165) is 23.7 Å². The second-order valence-electron chi connectivity index (χ2n) is 7.97. The highest BCUT2D eigenvalue weighted by molar-refractivity contribution is 6.20. The molecule has 114 valence electrons. The van der Waals surface area contributed by atoms with Gasteiger partial charge in [-0.2, -0.15) is 0 Å². The van der Waals surface area contributed by atoms with Crippen LogP contribution in [0.4, 0.5) is 0 Å². The van der Waals surface area contributed by atoms with Crippen LogP contribution in [0.3, 0.4) is 0 Å². The average molecular weight is 297 g/mol. The molecular weight excluding hydrogens is 268 g/mol. The summed E-state index contributed by atoms with van der Waals surface area (Å²) in [6.45, 7) is 0. The molecule has 0 aromatic rings. The minimum Gasteiger partial charge on any atom is -0.370 e. The van der Waals surface area contributed by atoms with Crippen LogP contribution in [0.2, 0.25) is 0 Å². The second-order valence-corrected chi connectivity index (χ2v) is 8.59. The van der Waals surface area contributed by atoms with Crippen molar-refractivity contribution in [2.75, 3.05) is 0 Å². The van der Waals surface area contributed by atoms with Gasteiger partial charge in [0.05, 0.1) is 12.2 Å². The number of epoxide rings is 1. The van der Waals surface area contributed by atoms with Crippen molar-refractivity contribution < 1.29 is 4.74 Å². The van der Waals surface area contributed by atoms with Crippen LogP contribution >= 0.6 is 11.6 Å². The number of hydrogen-bond donors (Lipinski definition) is 0. The number of halogens is 1. The van der Waals surface area contributed by atoms with E-state index in [2.05, 4.69) is 0 Å². The standard InChI is InChI=1S/C18H29ClO/c19-16-8-5-13(6-9-16)12-1-3-14(4-2-12)15-7-10-17-18(11-15)20-17/h12-18H,1-11H2. The SMILES string of the molecule is ClC1CCC(C2CCC(C3CCC4OC4C3)CC2)CC1. The molecule has 1 aliphatic heterocycles. The number of fused-ring (bicyclic) bond motifs is 1. The lowest BCUT2D eigenvalue weighted by molar-refractivity contribution is 0.127. The highest BCUT2D eigenvalue weighted by atomic mass is 35.5. The lowest BCUT2D eigenvalue weighted by Gasteiger charge is -2.39. The van der Waals surface area contributed by atoms with E-state index in [1.807, 2.05) is 0 Å². The largest absolute Gasteiger partial charge is 0.370 e. The van der Waals surface area contributed by atoms with E-state index in [1.54, 1.807) is 0 Å². The summed E-state index contributed by atoms with van der Waals surface area (Å²) in [7, 11) is 0. The minimum atomic E-state index is 0.483. The highest BCUT2D eigenvalue weighted by Crippen LogP contribution is 2.48. The Morgan fingerprint density at radius 2 is 1.05 bits per heavy atom. The van der Waals surface area contributed by atoms with Crippen molar-refractivity contribution in [2.45, 2.75) is 88.2 Å². The summed E-state index contributed by atoms with van der Waals surface area (Å²) in [5.74, 6) is 4.07. The average Bonchev–Trinajstić information content (AvgIpc) is 3.27. The van der Waals surface area contributed by atoms with Gasteiger partial charge >= 0.3 is 0 Å². The number of hydrogen-bond acceptors (Lipinski definition) is 1. The Labute approximate surface area is 128 Å². The minimum absolute atomic E-state index is 0.483. The van der Waals surface area contributed by atoms with Crippen molar-refractivity contribution in [1.29, 1.82) is 0 Å². The van der Waals surface area contributed by atoms with E-state index in [-0.39, 0.29) is 0 Å². The van der Waals surface area contributed by atoms with Crippen LogP contribution in [0, 0.1) is 23.7 Å². The Morgan fingerprint density at radius 3 is 1.65 bits per heavy atom. The third-order valence-corrected chi connectivity index (χ3v) is 7.33. The summed E-state index contributed by atoms with van der Waals surface area (Å²) >= 11 is 6.25. The molecule has 0 amide bonds. The van der Waals surface area contributed by atoms with E-state index >= 15 is 0 Å². The smallest absolute Gasteiger partial charge is 0.0844 e. The van der Waals surface area contributed by atoms with Gasteiger partial charge < -0.3 is 4.74 Å². The van der Waals surface area contributed by atoms with Gasteiger partial charge in [0.2, 0.25) is 0 Å². The zero-order valence-corrected chi connectivity index (χ0v) is 13.4. The molecule has 20 heavy (non-hydrogen) atoms. The molecule has 4 rings (SSSR count). The zero-order chi connectivity index (χ0) is 13.5. The first kappa shape index (κ1) is 13.9. The third-order valence-electron chi connectivity index (χ3n) is 6.90. The predicted molar refractivity (Wildman–Crippen MR) is 83.0 cm³/mol. The van der Waals surface area contributed by atoms with Crippen LogP contribution in [0.1, 0.15) is 70.6 Å². The van der Waals surface area contributed by atoms with Crippen LogP contribution in [0.25, 0.3) is 0 Å². The second kappa shape index (κ2) is 5.80. The van der Waals surface area contributed by atoms with Gasteiger partial charge in [0.1, 0.15) is 0 Å². The Kier molecular flexibility index (Phi) is 4.03. The Balaban J connectivity index is 1.25. The molecule has 3 aliphatic carbocycles. The van der Waals surface area contributed by atoms with Gasteiger partial charge in [-0.05, 0) is 94.3 Å². The molecule has 0 bridgehead atoms. The lowest BCUT2D eigenvalue weighted by Crippen LogP contribution is -2.30. The van der Waals surface area contributed by atoms with Crippen molar-refractivity contribution in [3.8, 4) is 0 Å². The van der Waals surface area contributed by atoms with E-state index < -0.39 is 0 Å². The van der Waals surface area contributed by atoms with Crippen molar-refractivity contribution >= 4 is 11.6 Å². The van der Waals surface area contributed by atoms with Gasteiger partial charge in [0.15, 0.2) is 0 Å². The first-order valence-electron chi connectivity index (χ1n) is 9.09. The van der Waals surface area contributed by atoms with Gasteiger partial charge in [0, 0.05) is 5.38 Å². The monoisotopic (exact) mass is 296 g/mol. The Hall–Kier alpha value is 0.250. The number of rotatable bonds is 2. The van der Waals surface area contributed by atoms with Gasteiger partial charge in [-0.15, -0.1) is 11.6 Å². The van der Waals surface area contributed by atoms with Crippen molar-refractivity contribution in [1.82, 2.24) is 0 Å². The van der Waals surface area contributed by atoms with Crippen molar-refractivity contribution in [3.05, 3.63) is 0 Å². The van der Waals surface area contributed by atoms with Crippen LogP contribution in [-0.2, 0) is 4.74 Å². The number of ether oxygens (including phenoxy) is 1. The fourth-order valence-corrected chi connectivity index (χ4v) is 5.75. The first-order chi connectivity index (χ1) is 9.79. The molecule has 0 aromatic carbocycles. The molecule has 3 saturated carbocycles. The summed E-state index contributed by atoms with van der Waals surface area (Å²) in [6.07, 6.45) is 16.9. The van der Waals surface area contributed by atoms with E-state index in [4.69, 9.17) is 16.3 Å². The van der Waals surface area contributed by atoms with Crippen molar-refractivity contribution in [2.24, 2.45) is 23.7 Å². The molecular formula is C18H29ClO. The molecule has 2 heteroatoms. The predicted octanol–water partition coefficient (Wildman–Crippen LogP) is 5.16. The van der Waals surface area contributed by atoms with Crippen LogP contribution in [-0.4, -0.2) is 17.6 Å².